The average Bonchev–Trinajstić information content (AvgIpc) is 3.17. The van der Waals surface area contributed by atoms with Crippen LogP contribution in [0.15, 0.2) is 42.5 Å². The lowest BCUT2D eigenvalue weighted by Gasteiger charge is -2.35. The summed E-state index contributed by atoms with van der Waals surface area (Å²) in [5, 5.41) is 3.44. The maximum atomic E-state index is 12.9. The van der Waals surface area contributed by atoms with E-state index in [2.05, 4.69) is 28.4 Å². The summed E-state index contributed by atoms with van der Waals surface area (Å²) in [5.41, 5.74) is 3.13. The number of para-hydroxylation sites is 1. The third-order valence-electron chi connectivity index (χ3n) is 5.42. The number of amides is 1. The van der Waals surface area contributed by atoms with Gasteiger partial charge in [-0.15, -0.1) is 12.4 Å². The Kier molecular flexibility index (Phi) is 6.39. The van der Waals surface area contributed by atoms with Crippen molar-refractivity contribution < 1.29 is 18.0 Å². The second-order valence-electron chi connectivity index (χ2n) is 7.27. The smallest absolute Gasteiger partial charge is 0.384 e. The Bertz CT molecular complexity index is 880. The number of halogens is 4. The number of carbonyl (C=O) groups excluding carboxylic acids is 1. The Morgan fingerprint density at radius 1 is 1.03 bits per heavy atom. The largest absolute Gasteiger partial charge is 0.416 e. The molecule has 1 saturated heterocycles. The van der Waals surface area contributed by atoms with Gasteiger partial charge < -0.3 is 10.2 Å². The number of piperazine rings is 1. The normalized spacial score (nSPS) is 16.7. The molecule has 0 spiro atoms. The summed E-state index contributed by atoms with van der Waals surface area (Å²) in [4.78, 5) is 16.5. The first-order valence-electron chi connectivity index (χ1n) is 9.45. The van der Waals surface area contributed by atoms with Gasteiger partial charge in [-0.25, -0.2) is 0 Å². The van der Waals surface area contributed by atoms with Gasteiger partial charge >= 0.3 is 6.18 Å². The van der Waals surface area contributed by atoms with Crippen LogP contribution in [0.4, 0.5) is 18.9 Å². The van der Waals surface area contributed by atoms with Crippen molar-refractivity contribution in [1.82, 2.24) is 9.80 Å². The van der Waals surface area contributed by atoms with Crippen molar-refractivity contribution >= 4 is 24.0 Å². The highest BCUT2D eigenvalue weighted by molar-refractivity contribution is 5.94. The summed E-state index contributed by atoms with van der Waals surface area (Å²) in [7, 11) is 0. The minimum absolute atomic E-state index is 0. The van der Waals surface area contributed by atoms with Gasteiger partial charge in [0.15, 0.2) is 0 Å². The number of carbonyl (C=O) groups is 1. The lowest BCUT2D eigenvalue weighted by molar-refractivity contribution is -0.137. The van der Waals surface area contributed by atoms with E-state index in [1.165, 1.54) is 28.9 Å². The van der Waals surface area contributed by atoms with E-state index < -0.39 is 11.7 Å². The van der Waals surface area contributed by atoms with Crippen molar-refractivity contribution in [2.24, 2.45) is 0 Å². The third-order valence-corrected chi connectivity index (χ3v) is 5.42. The van der Waals surface area contributed by atoms with Gasteiger partial charge in [-0.3, -0.25) is 9.69 Å². The van der Waals surface area contributed by atoms with E-state index >= 15 is 0 Å². The Morgan fingerprint density at radius 3 is 2.48 bits per heavy atom. The number of fused-ring (bicyclic) bond motifs is 1. The second-order valence-corrected chi connectivity index (χ2v) is 7.27. The molecule has 2 aromatic rings. The molecule has 8 heteroatoms. The number of hydrogen-bond donors (Lipinski definition) is 1. The predicted molar refractivity (Wildman–Crippen MR) is 109 cm³/mol. The van der Waals surface area contributed by atoms with Crippen molar-refractivity contribution in [2.45, 2.75) is 19.1 Å². The Morgan fingerprint density at radius 2 is 1.76 bits per heavy atom. The van der Waals surface area contributed by atoms with Crippen molar-refractivity contribution in [3.8, 4) is 0 Å². The molecule has 1 fully saturated rings. The molecular weight excluding hydrogens is 403 g/mol. The number of alkyl halides is 3. The molecule has 0 unspecified atom stereocenters. The first-order valence-corrected chi connectivity index (χ1v) is 9.45. The zero-order valence-electron chi connectivity index (χ0n) is 15.8. The maximum absolute atomic E-state index is 12.9. The summed E-state index contributed by atoms with van der Waals surface area (Å²) in [6, 6.07) is 11.0. The van der Waals surface area contributed by atoms with Gasteiger partial charge in [-0.05, 0) is 35.7 Å². The Labute approximate surface area is 174 Å². The fourth-order valence-electron chi connectivity index (χ4n) is 3.90. The number of nitrogens with zero attached hydrogens (tertiary/aromatic N) is 2. The fraction of sp³-hybridized carbons (Fsp3) is 0.381. The van der Waals surface area contributed by atoms with Gasteiger partial charge in [-0.2, -0.15) is 13.2 Å². The highest BCUT2D eigenvalue weighted by atomic mass is 35.5. The summed E-state index contributed by atoms with van der Waals surface area (Å²) in [6.07, 6.45) is -3.40. The van der Waals surface area contributed by atoms with Crippen LogP contribution in [0.25, 0.3) is 0 Å². The minimum atomic E-state index is -4.45. The first-order chi connectivity index (χ1) is 13.4. The molecule has 4 rings (SSSR count). The molecule has 0 radical (unpaired) electrons. The van der Waals surface area contributed by atoms with E-state index in [0.29, 0.717) is 26.2 Å². The highest BCUT2D eigenvalue weighted by Gasteiger charge is 2.31. The molecule has 1 N–H and O–H groups in total. The summed E-state index contributed by atoms with van der Waals surface area (Å²) < 4.78 is 38.7. The average molecular weight is 426 g/mol. The molecule has 0 saturated carbocycles. The molecule has 0 aromatic heterocycles. The van der Waals surface area contributed by atoms with Crippen LogP contribution >= 0.6 is 12.4 Å². The molecule has 29 heavy (non-hydrogen) atoms. The number of hydrogen-bond acceptors (Lipinski definition) is 3. The molecule has 0 bridgehead atoms. The number of rotatable bonds is 3. The second kappa shape index (κ2) is 8.63. The molecule has 2 aromatic carbocycles. The molecule has 0 aliphatic carbocycles. The number of benzene rings is 2. The summed E-state index contributed by atoms with van der Waals surface area (Å²) in [6.45, 7) is 4.20. The third kappa shape index (κ3) is 4.67. The molecule has 1 amide bonds. The zero-order chi connectivity index (χ0) is 19.7. The lowest BCUT2D eigenvalue weighted by Crippen LogP contribution is -2.48. The van der Waals surface area contributed by atoms with Crippen LogP contribution in [-0.2, 0) is 19.1 Å². The van der Waals surface area contributed by atoms with E-state index in [9.17, 15) is 18.0 Å². The van der Waals surface area contributed by atoms with Crippen LogP contribution in [-0.4, -0.2) is 48.4 Å². The van der Waals surface area contributed by atoms with Crippen LogP contribution in [0.5, 0.6) is 0 Å². The van der Waals surface area contributed by atoms with Gasteiger partial charge in [0.2, 0.25) is 0 Å². The standard InChI is InChI=1S/C21H22F3N3O.ClH/c22-21(23,24)18-6-2-4-16(13-18)20(28)27-11-9-26(10-12-27)14-17-5-1-3-15-7-8-25-19(15)17;/h1-6,13,25H,7-12,14H2;1H. The highest BCUT2D eigenvalue weighted by Crippen LogP contribution is 2.30. The van der Waals surface area contributed by atoms with Gasteiger partial charge in [0.25, 0.3) is 5.91 Å². The molecule has 4 nitrogen and oxygen atoms in total. The van der Waals surface area contributed by atoms with Crippen LogP contribution in [0.2, 0.25) is 0 Å². The van der Waals surface area contributed by atoms with Gasteiger partial charge in [0.1, 0.15) is 0 Å². The van der Waals surface area contributed by atoms with Gasteiger partial charge in [-0.1, -0.05) is 24.3 Å². The number of nitrogens with one attached hydrogen (secondary N) is 1. The van der Waals surface area contributed by atoms with Crippen LogP contribution < -0.4 is 5.32 Å². The van der Waals surface area contributed by atoms with Crippen molar-refractivity contribution in [3.63, 3.8) is 0 Å². The Hall–Kier alpha value is -2.25. The molecule has 2 aliphatic rings. The molecular formula is C21H23ClF3N3O. The van der Waals surface area contributed by atoms with Crippen molar-refractivity contribution in [1.29, 1.82) is 0 Å². The van der Waals surface area contributed by atoms with Gasteiger partial charge in [0, 0.05) is 50.5 Å². The van der Waals surface area contributed by atoms with Crippen LogP contribution in [0.3, 0.4) is 0 Å². The molecule has 2 aliphatic heterocycles. The van der Waals surface area contributed by atoms with E-state index in [-0.39, 0.29) is 23.9 Å². The number of anilines is 1. The topological polar surface area (TPSA) is 35.6 Å². The molecule has 2 heterocycles. The van der Waals surface area contributed by atoms with Crippen LogP contribution in [0, 0.1) is 0 Å². The van der Waals surface area contributed by atoms with Crippen molar-refractivity contribution in [3.05, 3.63) is 64.7 Å². The first kappa shape index (κ1) is 21.5. The fourth-order valence-corrected chi connectivity index (χ4v) is 3.90. The Balaban J connectivity index is 0.00000240. The lowest BCUT2D eigenvalue weighted by atomic mass is 10.1. The maximum Gasteiger partial charge on any atom is 0.416 e. The van der Waals surface area contributed by atoms with E-state index in [1.54, 1.807) is 4.90 Å². The molecule has 156 valence electrons. The minimum Gasteiger partial charge on any atom is -0.384 e. The van der Waals surface area contributed by atoms with Crippen LogP contribution in [0.1, 0.15) is 27.0 Å². The molecule has 0 atom stereocenters. The monoisotopic (exact) mass is 425 g/mol. The summed E-state index contributed by atoms with van der Waals surface area (Å²) >= 11 is 0. The van der Waals surface area contributed by atoms with E-state index in [1.807, 2.05) is 0 Å². The quantitative estimate of drug-likeness (QED) is 0.805. The van der Waals surface area contributed by atoms with E-state index in [4.69, 9.17) is 0 Å². The zero-order valence-corrected chi connectivity index (χ0v) is 16.7. The van der Waals surface area contributed by atoms with E-state index in [0.717, 1.165) is 31.6 Å². The van der Waals surface area contributed by atoms with Gasteiger partial charge in [0.05, 0.1) is 5.56 Å². The summed E-state index contributed by atoms with van der Waals surface area (Å²) in [5.74, 6) is -0.340. The van der Waals surface area contributed by atoms with Crippen molar-refractivity contribution in [2.75, 3.05) is 38.0 Å². The SMILES string of the molecule is Cl.O=C(c1cccc(C(F)(F)F)c1)N1CCN(Cc2cccc3c2NCC3)CC1. The predicted octanol–water partition coefficient (Wildman–Crippen LogP) is 4.05.